The Hall–Kier alpha value is -1.13. The zero-order valence-electron chi connectivity index (χ0n) is 6.14. The average molecular weight is 153 g/mol. The van der Waals surface area contributed by atoms with E-state index in [0.717, 1.165) is 5.56 Å². The van der Waals surface area contributed by atoms with Crippen molar-refractivity contribution in [3.8, 4) is 0 Å². The molecule has 3 N–H and O–H groups in total. The standard InChI is InChI=1S/C7H11N3O/c1-2-10-4-6(3-9-10)7(8)5-11/h2-4,7,11H,1,5,8H2. The van der Waals surface area contributed by atoms with E-state index in [2.05, 4.69) is 11.7 Å². The van der Waals surface area contributed by atoms with Gasteiger partial charge in [-0.15, -0.1) is 0 Å². The minimum atomic E-state index is -0.344. The second-order valence-electron chi connectivity index (χ2n) is 2.23. The largest absolute Gasteiger partial charge is 0.394 e. The molecule has 0 saturated heterocycles. The molecule has 0 aliphatic carbocycles. The highest BCUT2D eigenvalue weighted by Crippen LogP contribution is 2.07. The molecule has 0 aromatic carbocycles. The van der Waals surface area contributed by atoms with Crippen LogP contribution in [0.3, 0.4) is 0 Å². The van der Waals surface area contributed by atoms with E-state index in [9.17, 15) is 0 Å². The fraction of sp³-hybridized carbons (Fsp3) is 0.286. The Morgan fingerprint density at radius 1 is 1.91 bits per heavy atom. The highest BCUT2D eigenvalue weighted by atomic mass is 16.3. The van der Waals surface area contributed by atoms with Gasteiger partial charge in [-0.3, -0.25) is 0 Å². The summed E-state index contributed by atoms with van der Waals surface area (Å²) in [6.45, 7) is 3.46. The van der Waals surface area contributed by atoms with Crippen LogP contribution in [0.15, 0.2) is 19.0 Å². The first kappa shape index (κ1) is 7.97. The van der Waals surface area contributed by atoms with Crippen molar-refractivity contribution in [2.75, 3.05) is 6.61 Å². The quantitative estimate of drug-likeness (QED) is 0.641. The van der Waals surface area contributed by atoms with E-state index in [1.54, 1.807) is 23.3 Å². The highest BCUT2D eigenvalue weighted by Gasteiger charge is 2.05. The van der Waals surface area contributed by atoms with E-state index in [4.69, 9.17) is 10.8 Å². The van der Waals surface area contributed by atoms with Crippen LogP contribution in [0.4, 0.5) is 0 Å². The summed E-state index contributed by atoms with van der Waals surface area (Å²) >= 11 is 0. The molecule has 60 valence electrons. The van der Waals surface area contributed by atoms with E-state index >= 15 is 0 Å². The Morgan fingerprint density at radius 2 is 2.64 bits per heavy atom. The SMILES string of the molecule is C=Cn1cc(C(N)CO)cn1. The normalized spacial score (nSPS) is 12.9. The van der Waals surface area contributed by atoms with E-state index in [-0.39, 0.29) is 12.6 Å². The Kier molecular flexibility index (Phi) is 2.40. The maximum absolute atomic E-state index is 8.68. The number of hydrogen-bond acceptors (Lipinski definition) is 3. The van der Waals surface area contributed by atoms with Gasteiger partial charge >= 0.3 is 0 Å². The van der Waals surface area contributed by atoms with Crippen molar-refractivity contribution >= 4 is 6.20 Å². The van der Waals surface area contributed by atoms with Crippen LogP contribution < -0.4 is 5.73 Å². The Morgan fingerprint density at radius 3 is 3.09 bits per heavy atom. The van der Waals surface area contributed by atoms with Crippen LogP contribution in [0.2, 0.25) is 0 Å². The van der Waals surface area contributed by atoms with Crippen molar-refractivity contribution in [1.29, 1.82) is 0 Å². The lowest BCUT2D eigenvalue weighted by molar-refractivity contribution is 0.268. The van der Waals surface area contributed by atoms with Gasteiger partial charge in [0.2, 0.25) is 0 Å². The molecule has 1 aromatic rings. The van der Waals surface area contributed by atoms with Gasteiger partial charge in [-0.05, 0) is 0 Å². The van der Waals surface area contributed by atoms with Crippen LogP contribution in [0.1, 0.15) is 11.6 Å². The molecular formula is C7H11N3O. The minimum absolute atomic E-state index is 0.0666. The van der Waals surface area contributed by atoms with Crippen molar-refractivity contribution in [3.05, 3.63) is 24.5 Å². The molecule has 0 aliphatic heterocycles. The number of aliphatic hydroxyl groups is 1. The van der Waals surface area contributed by atoms with Crippen LogP contribution in [0, 0.1) is 0 Å². The van der Waals surface area contributed by atoms with Gasteiger partial charge in [0.15, 0.2) is 0 Å². The first-order chi connectivity index (χ1) is 5.27. The van der Waals surface area contributed by atoms with Crippen LogP contribution in [0.25, 0.3) is 6.20 Å². The van der Waals surface area contributed by atoms with Crippen LogP contribution in [-0.4, -0.2) is 21.5 Å². The molecule has 4 nitrogen and oxygen atoms in total. The molecule has 1 aromatic heterocycles. The van der Waals surface area contributed by atoms with Crippen LogP contribution in [0.5, 0.6) is 0 Å². The predicted octanol–water partition coefficient (Wildman–Crippen LogP) is -0.0243. The predicted molar refractivity (Wildman–Crippen MR) is 42.6 cm³/mol. The van der Waals surface area contributed by atoms with E-state index in [1.165, 1.54) is 0 Å². The second kappa shape index (κ2) is 3.32. The summed E-state index contributed by atoms with van der Waals surface area (Å²) in [4.78, 5) is 0. The third-order valence-corrected chi connectivity index (χ3v) is 1.43. The number of aliphatic hydroxyl groups excluding tert-OH is 1. The average Bonchev–Trinajstić information content (AvgIpc) is 2.50. The summed E-state index contributed by atoms with van der Waals surface area (Å²) in [7, 11) is 0. The maximum Gasteiger partial charge on any atom is 0.0625 e. The monoisotopic (exact) mass is 153 g/mol. The molecular weight excluding hydrogens is 142 g/mol. The van der Waals surface area contributed by atoms with Gasteiger partial charge in [-0.2, -0.15) is 5.10 Å². The first-order valence-electron chi connectivity index (χ1n) is 3.31. The fourth-order valence-corrected chi connectivity index (χ4v) is 0.749. The zero-order valence-corrected chi connectivity index (χ0v) is 6.14. The molecule has 0 radical (unpaired) electrons. The summed E-state index contributed by atoms with van der Waals surface area (Å²) in [6.07, 6.45) is 4.91. The molecule has 0 bridgehead atoms. The van der Waals surface area contributed by atoms with Crippen molar-refractivity contribution in [3.63, 3.8) is 0 Å². The van der Waals surface area contributed by atoms with Crippen LogP contribution >= 0.6 is 0 Å². The van der Waals surface area contributed by atoms with E-state index < -0.39 is 0 Å². The van der Waals surface area contributed by atoms with Gasteiger partial charge < -0.3 is 10.8 Å². The summed E-state index contributed by atoms with van der Waals surface area (Å²) in [5.74, 6) is 0. The highest BCUT2D eigenvalue weighted by molar-refractivity contribution is 5.19. The summed E-state index contributed by atoms with van der Waals surface area (Å²) < 4.78 is 1.55. The van der Waals surface area contributed by atoms with Crippen molar-refractivity contribution in [2.24, 2.45) is 5.73 Å². The molecule has 0 saturated carbocycles. The van der Waals surface area contributed by atoms with Gasteiger partial charge in [0, 0.05) is 18.0 Å². The molecule has 1 unspecified atom stereocenters. The lowest BCUT2D eigenvalue weighted by Crippen LogP contribution is -2.13. The Labute approximate surface area is 64.9 Å². The zero-order chi connectivity index (χ0) is 8.27. The molecule has 1 heterocycles. The van der Waals surface area contributed by atoms with Crippen molar-refractivity contribution < 1.29 is 5.11 Å². The molecule has 4 heteroatoms. The molecule has 0 fully saturated rings. The maximum atomic E-state index is 8.68. The smallest absolute Gasteiger partial charge is 0.0625 e. The van der Waals surface area contributed by atoms with Crippen molar-refractivity contribution in [1.82, 2.24) is 9.78 Å². The number of nitrogens with zero attached hydrogens (tertiary/aromatic N) is 2. The number of hydrogen-bond donors (Lipinski definition) is 2. The third-order valence-electron chi connectivity index (χ3n) is 1.43. The first-order valence-corrected chi connectivity index (χ1v) is 3.31. The summed E-state index contributed by atoms with van der Waals surface area (Å²) in [5, 5.41) is 12.6. The van der Waals surface area contributed by atoms with Crippen molar-refractivity contribution in [2.45, 2.75) is 6.04 Å². The second-order valence-corrected chi connectivity index (χ2v) is 2.23. The molecule has 1 rings (SSSR count). The van der Waals surface area contributed by atoms with Gasteiger partial charge in [0.05, 0.1) is 18.8 Å². The number of nitrogens with two attached hydrogens (primary N) is 1. The topological polar surface area (TPSA) is 64.1 Å². The van der Waals surface area contributed by atoms with Crippen LogP contribution in [-0.2, 0) is 0 Å². The molecule has 0 spiro atoms. The minimum Gasteiger partial charge on any atom is -0.394 e. The Balaban J connectivity index is 2.79. The summed E-state index contributed by atoms with van der Waals surface area (Å²) in [5.41, 5.74) is 6.34. The molecule has 11 heavy (non-hydrogen) atoms. The lowest BCUT2D eigenvalue weighted by atomic mass is 10.2. The van der Waals surface area contributed by atoms with Gasteiger partial charge in [0.1, 0.15) is 0 Å². The fourth-order valence-electron chi connectivity index (χ4n) is 0.749. The van der Waals surface area contributed by atoms with Gasteiger partial charge in [0.25, 0.3) is 0 Å². The molecule has 1 atom stereocenters. The number of rotatable bonds is 3. The van der Waals surface area contributed by atoms with Gasteiger partial charge in [-0.25, -0.2) is 4.68 Å². The molecule has 0 aliphatic rings. The van der Waals surface area contributed by atoms with Gasteiger partial charge in [-0.1, -0.05) is 6.58 Å². The van der Waals surface area contributed by atoms with E-state index in [0.29, 0.717) is 0 Å². The van der Waals surface area contributed by atoms with E-state index in [1.807, 2.05) is 0 Å². The third kappa shape index (κ3) is 1.66. The summed E-state index contributed by atoms with van der Waals surface area (Å²) in [6, 6.07) is -0.344. The Bertz CT molecular complexity index is 244. The molecule has 0 amide bonds. The lowest BCUT2D eigenvalue weighted by Gasteiger charge is -2.01. The number of aromatic nitrogens is 2.